The summed E-state index contributed by atoms with van der Waals surface area (Å²) in [4.78, 5) is 24.6. The number of nitriles is 1. The van der Waals surface area contributed by atoms with Crippen LogP contribution in [0.5, 0.6) is 0 Å². The minimum atomic E-state index is -4.65. The van der Waals surface area contributed by atoms with Crippen LogP contribution in [-0.2, 0) is 17.4 Å². The summed E-state index contributed by atoms with van der Waals surface area (Å²) in [5, 5.41) is 12.5. The van der Waals surface area contributed by atoms with Gasteiger partial charge in [0, 0.05) is 49.7 Å². The Balaban J connectivity index is 1.41. The first-order valence-corrected chi connectivity index (χ1v) is 11.0. The highest BCUT2D eigenvalue weighted by Crippen LogP contribution is 2.27. The van der Waals surface area contributed by atoms with Crippen LogP contribution in [-0.4, -0.2) is 56.6 Å². The maximum atomic E-state index is 13.0. The van der Waals surface area contributed by atoms with Crippen LogP contribution in [0.4, 0.5) is 18.9 Å². The predicted octanol–water partition coefficient (Wildman–Crippen LogP) is 3.30. The topological polar surface area (TPSA) is 90.4 Å². The fraction of sp³-hybridized carbons (Fsp3) is 0.435. The van der Waals surface area contributed by atoms with E-state index in [1.807, 2.05) is 17.0 Å². The quantitative estimate of drug-likeness (QED) is 0.580. The van der Waals surface area contributed by atoms with Crippen molar-refractivity contribution in [1.29, 1.82) is 5.26 Å². The molecule has 0 aliphatic carbocycles. The van der Waals surface area contributed by atoms with Gasteiger partial charge in [0.1, 0.15) is 0 Å². The summed E-state index contributed by atoms with van der Waals surface area (Å²) < 4.78 is 40.1. The molecule has 0 unspecified atom stereocenters. The maximum absolute atomic E-state index is 13.0. The van der Waals surface area contributed by atoms with E-state index in [0.29, 0.717) is 48.6 Å². The third-order valence-electron chi connectivity index (χ3n) is 6.10. The Morgan fingerprint density at radius 3 is 2.50 bits per heavy atom. The first-order chi connectivity index (χ1) is 16.2. The zero-order chi connectivity index (χ0) is 24.5. The van der Waals surface area contributed by atoms with Crippen LogP contribution in [0.1, 0.15) is 41.2 Å². The summed E-state index contributed by atoms with van der Waals surface area (Å²) in [6, 6.07) is 9.51. The number of hydrogen-bond acceptors (Lipinski definition) is 6. The van der Waals surface area contributed by atoms with Crippen molar-refractivity contribution < 1.29 is 18.0 Å². The fourth-order valence-corrected chi connectivity index (χ4v) is 4.25. The summed E-state index contributed by atoms with van der Waals surface area (Å²) in [6.45, 7) is 6.07. The van der Waals surface area contributed by atoms with E-state index in [-0.39, 0.29) is 18.1 Å². The van der Waals surface area contributed by atoms with Gasteiger partial charge in [-0.1, -0.05) is 0 Å². The third kappa shape index (κ3) is 4.81. The van der Waals surface area contributed by atoms with Crippen molar-refractivity contribution in [3.8, 4) is 6.07 Å². The van der Waals surface area contributed by atoms with Gasteiger partial charge in [-0.05, 0) is 56.5 Å². The minimum Gasteiger partial charge on any atom is -0.370 e. The third-order valence-corrected chi connectivity index (χ3v) is 6.10. The van der Waals surface area contributed by atoms with Gasteiger partial charge in [0.05, 0.1) is 11.6 Å². The van der Waals surface area contributed by atoms with Crippen molar-refractivity contribution in [2.24, 2.45) is 0 Å². The minimum absolute atomic E-state index is 0.00449. The van der Waals surface area contributed by atoms with Crippen LogP contribution in [0, 0.1) is 25.2 Å². The molecule has 11 heteroatoms. The highest BCUT2D eigenvalue weighted by molar-refractivity contribution is 5.76. The zero-order valence-electron chi connectivity index (χ0n) is 18.9. The lowest BCUT2D eigenvalue weighted by atomic mass is 10.1. The number of carbonyl (C=O) groups is 1. The molecule has 1 saturated heterocycles. The van der Waals surface area contributed by atoms with E-state index in [4.69, 9.17) is 5.26 Å². The van der Waals surface area contributed by atoms with Crippen molar-refractivity contribution in [3.63, 3.8) is 0 Å². The number of halogens is 3. The molecular weight excluding hydrogens is 447 g/mol. The Bertz CT molecular complexity index is 1240. The summed E-state index contributed by atoms with van der Waals surface area (Å²) in [6.07, 6.45) is -3.25. The van der Waals surface area contributed by atoms with Gasteiger partial charge in [-0.15, -0.1) is 5.10 Å². The summed E-state index contributed by atoms with van der Waals surface area (Å²) in [5.74, 6) is -1.34. The molecule has 2 aromatic heterocycles. The second kappa shape index (κ2) is 9.29. The maximum Gasteiger partial charge on any atom is 0.453 e. The lowest BCUT2D eigenvalue weighted by Gasteiger charge is -2.24. The zero-order valence-corrected chi connectivity index (χ0v) is 18.9. The predicted molar refractivity (Wildman–Crippen MR) is 118 cm³/mol. The number of aromatic nitrogens is 4. The second-order valence-electron chi connectivity index (χ2n) is 8.29. The first kappa shape index (κ1) is 23.5. The van der Waals surface area contributed by atoms with E-state index in [0.717, 1.165) is 23.2 Å². The van der Waals surface area contributed by atoms with Crippen LogP contribution in [0.25, 0.3) is 5.78 Å². The highest BCUT2D eigenvalue weighted by Gasteiger charge is 2.37. The Kier molecular flexibility index (Phi) is 6.41. The number of aryl methyl sites for hydroxylation is 2. The SMILES string of the molecule is Cc1nc2nc(C(F)(F)F)nn2c(C)c1CCC(=O)N1CCCN(c2ccc(C#N)cc2)CC1. The molecular formula is C23H24F3N7O. The van der Waals surface area contributed by atoms with Crippen LogP contribution < -0.4 is 4.90 Å². The van der Waals surface area contributed by atoms with Crippen LogP contribution in [0.3, 0.4) is 0 Å². The molecule has 0 atom stereocenters. The summed E-state index contributed by atoms with van der Waals surface area (Å²) in [7, 11) is 0. The Hall–Kier alpha value is -3.68. The Morgan fingerprint density at radius 2 is 1.82 bits per heavy atom. The van der Waals surface area contributed by atoms with Gasteiger partial charge in [0.25, 0.3) is 11.6 Å². The van der Waals surface area contributed by atoms with Gasteiger partial charge in [0.15, 0.2) is 0 Å². The highest BCUT2D eigenvalue weighted by atomic mass is 19.4. The van der Waals surface area contributed by atoms with E-state index < -0.39 is 12.0 Å². The molecule has 1 aliphatic heterocycles. The molecule has 0 saturated carbocycles. The molecule has 1 fully saturated rings. The van der Waals surface area contributed by atoms with E-state index in [1.54, 1.807) is 26.0 Å². The van der Waals surface area contributed by atoms with Crippen LogP contribution in [0.15, 0.2) is 24.3 Å². The molecule has 3 aromatic rings. The largest absolute Gasteiger partial charge is 0.453 e. The number of rotatable bonds is 4. The molecule has 0 bridgehead atoms. The molecule has 34 heavy (non-hydrogen) atoms. The monoisotopic (exact) mass is 471 g/mol. The smallest absolute Gasteiger partial charge is 0.370 e. The molecule has 0 radical (unpaired) electrons. The Morgan fingerprint density at radius 1 is 1.09 bits per heavy atom. The van der Waals surface area contributed by atoms with Gasteiger partial charge in [0.2, 0.25) is 5.91 Å². The number of fused-ring (bicyclic) bond motifs is 1. The van der Waals surface area contributed by atoms with Crippen molar-refractivity contribution >= 4 is 17.4 Å². The number of hydrogen-bond donors (Lipinski definition) is 0. The molecule has 1 aliphatic rings. The molecule has 0 spiro atoms. The van der Waals surface area contributed by atoms with E-state index in [2.05, 4.69) is 26.0 Å². The Labute approximate surface area is 194 Å². The second-order valence-corrected chi connectivity index (χ2v) is 8.29. The van der Waals surface area contributed by atoms with Crippen molar-refractivity contribution in [2.75, 3.05) is 31.1 Å². The average Bonchev–Trinajstić information content (AvgIpc) is 3.09. The molecule has 1 aromatic carbocycles. The molecule has 8 nitrogen and oxygen atoms in total. The van der Waals surface area contributed by atoms with Gasteiger partial charge in [-0.3, -0.25) is 4.79 Å². The lowest BCUT2D eigenvalue weighted by Crippen LogP contribution is -2.35. The van der Waals surface area contributed by atoms with Gasteiger partial charge < -0.3 is 9.80 Å². The van der Waals surface area contributed by atoms with Crippen molar-refractivity contribution in [3.05, 3.63) is 52.6 Å². The fourth-order valence-electron chi connectivity index (χ4n) is 4.25. The normalized spacial score (nSPS) is 14.8. The summed E-state index contributed by atoms with van der Waals surface area (Å²) >= 11 is 0. The summed E-state index contributed by atoms with van der Waals surface area (Å²) in [5.41, 5.74) is 3.37. The first-order valence-electron chi connectivity index (χ1n) is 11.0. The van der Waals surface area contributed by atoms with Crippen LogP contribution in [0.2, 0.25) is 0 Å². The average molecular weight is 471 g/mol. The van der Waals surface area contributed by atoms with Crippen LogP contribution >= 0.6 is 0 Å². The van der Waals surface area contributed by atoms with Crippen molar-refractivity contribution in [2.45, 2.75) is 39.3 Å². The number of anilines is 1. The lowest BCUT2D eigenvalue weighted by molar-refractivity contribution is -0.144. The standard InChI is InChI=1S/C23H24F3N7O/c1-15-19(16(2)33-22(28-15)29-21(30-33)23(24,25)26)8-9-20(34)32-11-3-10-31(12-13-32)18-6-4-17(14-27)5-7-18/h4-7H,3,8-13H2,1-2H3. The molecule has 0 N–H and O–H groups in total. The molecule has 3 heterocycles. The van der Waals surface area contributed by atoms with Gasteiger partial charge in [-0.25, -0.2) is 9.50 Å². The number of carbonyl (C=O) groups excluding carboxylic acids is 1. The van der Waals surface area contributed by atoms with E-state index in [1.165, 1.54) is 0 Å². The van der Waals surface area contributed by atoms with Gasteiger partial charge >= 0.3 is 6.18 Å². The number of benzene rings is 1. The molecule has 1 amide bonds. The number of nitrogens with zero attached hydrogens (tertiary/aromatic N) is 7. The van der Waals surface area contributed by atoms with E-state index >= 15 is 0 Å². The van der Waals surface area contributed by atoms with Gasteiger partial charge in [-0.2, -0.15) is 23.4 Å². The number of amides is 1. The van der Waals surface area contributed by atoms with E-state index in [9.17, 15) is 18.0 Å². The molecule has 4 rings (SSSR count). The van der Waals surface area contributed by atoms with Crippen molar-refractivity contribution in [1.82, 2.24) is 24.5 Å². The number of alkyl halides is 3. The molecule has 178 valence electrons.